The molecule has 4 aromatic rings. The summed E-state index contributed by atoms with van der Waals surface area (Å²) < 4.78 is 57.1. The Hall–Kier alpha value is -2.87. The third-order valence-electron chi connectivity index (χ3n) is 4.57. The van der Waals surface area contributed by atoms with Crippen LogP contribution in [0.3, 0.4) is 0 Å². The molecule has 4 nitrogen and oxygen atoms in total. The highest BCUT2D eigenvalue weighted by molar-refractivity contribution is 6.36. The molecule has 10 heteroatoms. The molecule has 1 heterocycles. The quantitative estimate of drug-likeness (QED) is 0.269. The molecule has 0 aliphatic rings. The van der Waals surface area contributed by atoms with Gasteiger partial charge < -0.3 is 13.9 Å². The highest BCUT2D eigenvalue weighted by atomic mass is 35.5. The largest absolute Gasteiger partial charge is 0.489 e. The molecule has 0 saturated carbocycles. The summed E-state index contributed by atoms with van der Waals surface area (Å²) >= 11 is 18.2. The van der Waals surface area contributed by atoms with Crippen molar-refractivity contribution in [3.8, 4) is 17.2 Å². The standard InChI is InChI=1S/C23H12Cl3F3O4/c24-15-5-3-6-16(25)14(15)11-31-12-8-9-13-19(10-12)33-22(23(27,28)29)21(20(13)30)32-18-7-2-1-4-17(18)26/h1-10H,11H2. The minimum absolute atomic E-state index is 0.0344. The maximum atomic E-state index is 13.7. The number of benzene rings is 3. The first kappa shape index (κ1) is 23.3. The summed E-state index contributed by atoms with van der Waals surface area (Å²) in [5, 5.41) is 0.645. The lowest BCUT2D eigenvalue weighted by molar-refractivity contribution is -0.154. The van der Waals surface area contributed by atoms with Gasteiger partial charge in [-0.2, -0.15) is 13.2 Å². The Morgan fingerprint density at radius 1 is 0.879 bits per heavy atom. The second kappa shape index (κ2) is 9.17. The van der Waals surface area contributed by atoms with E-state index < -0.39 is 23.1 Å². The van der Waals surface area contributed by atoms with Crippen molar-refractivity contribution in [1.82, 2.24) is 0 Å². The summed E-state index contributed by atoms with van der Waals surface area (Å²) in [6, 6.07) is 14.6. The first-order valence-electron chi connectivity index (χ1n) is 9.31. The zero-order valence-corrected chi connectivity index (χ0v) is 18.6. The fourth-order valence-corrected chi connectivity index (χ4v) is 3.67. The number of halogens is 6. The van der Waals surface area contributed by atoms with Crippen molar-refractivity contribution in [2.45, 2.75) is 12.8 Å². The Balaban J connectivity index is 1.75. The number of hydrogen-bond acceptors (Lipinski definition) is 4. The van der Waals surface area contributed by atoms with Crippen LogP contribution in [0.5, 0.6) is 17.2 Å². The molecule has 0 saturated heterocycles. The zero-order chi connectivity index (χ0) is 23.8. The van der Waals surface area contributed by atoms with Gasteiger partial charge in [0.25, 0.3) is 5.76 Å². The molecule has 33 heavy (non-hydrogen) atoms. The van der Waals surface area contributed by atoms with Crippen LogP contribution in [0.4, 0.5) is 13.2 Å². The van der Waals surface area contributed by atoms with Gasteiger partial charge in [0.2, 0.25) is 11.2 Å². The number of rotatable bonds is 5. The van der Waals surface area contributed by atoms with Crippen LogP contribution in [-0.2, 0) is 12.8 Å². The van der Waals surface area contributed by atoms with E-state index in [1.165, 1.54) is 36.4 Å². The Morgan fingerprint density at radius 3 is 2.21 bits per heavy atom. The molecule has 0 amide bonds. The average molecular weight is 516 g/mol. The third-order valence-corrected chi connectivity index (χ3v) is 5.59. The van der Waals surface area contributed by atoms with Gasteiger partial charge in [-0.05, 0) is 36.4 Å². The van der Waals surface area contributed by atoms with E-state index in [1.54, 1.807) is 24.3 Å². The van der Waals surface area contributed by atoms with Crippen molar-refractivity contribution in [3.05, 3.63) is 97.3 Å². The van der Waals surface area contributed by atoms with Gasteiger partial charge in [-0.15, -0.1) is 0 Å². The van der Waals surface area contributed by atoms with Gasteiger partial charge in [-0.3, -0.25) is 4.79 Å². The summed E-state index contributed by atoms with van der Waals surface area (Å²) in [7, 11) is 0. The topological polar surface area (TPSA) is 48.7 Å². The molecular formula is C23H12Cl3F3O4. The van der Waals surface area contributed by atoms with Gasteiger partial charge in [0, 0.05) is 21.7 Å². The molecular weight excluding hydrogens is 504 g/mol. The second-order valence-electron chi connectivity index (χ2n) is 6.77. The molecule has 0 bridgehead atoms. The van der Waals surface area contributed by atoms with Crippen LogP contribution in [0.2, 0.25) is 15.1 Å². The lowest BCUT2D eigenvalue weighted by atomic mass is 10.2. The first-order chi connectivity index (χ1) is 15.6. The predicted molar refractivity (Wildman–Crippen MR) is 120 cm³/mol. The van der Waals surface area contributed by atoms with E-state index in [0.29, 0.717) is 15.6 Å². The number of para-hydroxylation sites is 1. The van der Waals surface area contributed by atoms with E-state index >= 15 is 0 Å². The molecule has 0 spiro atoms. The fourth-order valence-electron chi connectivity index (χ4n) is 2.99. The van der Waals surface area contributed by atoms with Crippen molar-refractivity contribution in [2.24, 2.45) is 0 Å². The molecule has 170 valence electrons. The average Bonchev–Trinajstić information content (AvgIpc) is 2.75. The Bertz CT molecular complexity index is 1380. The van der Waals surface area contributed by atoms with Crippen LogP contribution in [0, 0.1) is 0 Å². The van der Waals surface area contributed by atoms with Crippen molar-refractivity contribution in [3.63, 3.8) is 0 Å². The van der Waals surface area contributed by atoms with Crippen LogP contribution in [0.1, 0.15) is 11.3 Å². The van der Waals surface area contributed by atoms with E-state index in [-0.39, 0.29) is 34.1 Å². The van der Waals surface area contributed by atoms with Crippen molar-refractivity contribution in [1.29, 1.82) is 0 Å². The summed E-state index contributed by atoms with van der Waals surface area (Å²) in [5.41, 5.74) is -0.840. The van der Waals surface area contributed by atoms with Gasteiger partial charge in [0.05, 0.1) is 10.4 Å². The van der Waals surface area contributed by atoms with Crippen molar-refractivity contribution >= 4 is 45.8 Å². The summed E-state index contributed by atoms with van der Waals surface area (Å²) in [6.45, 7) is -0.0475. The normalized spacial score (nSPS) is 11.6. The fraction of sp³-hybridized carbons (Fsp3) is 0.0870. The Morgan fingerprint density at radius 2 is 1.55 bits per heavy atom. The molecule has 0 fully saturated rings. The van der Waals surface area contributed by atoms with Crippen LogP contribution in [0.25, 0.3) is 11.0 Å². The highest BCUT2D eigenvalue weighted by Crippen LogP contribution is 2.40. The van der Waals surface area contributed by atoms with E-state index in [0.717, 1.165) is 0 Å². The number of hydrogen-bond donors (Lipinski definition) is 0. The molecule has 0 unspecified atom stereocenters. The summed E-state index contributed by atoms with van der Waals surface area (Å²) in [5.74, 6) is -2.58. The van der Waals surface area contributed by atoms with Gasteiger partial charge in [-0.1, -0.05) is 53.0 Å². The van der Waals surface area contributed by atoms with Gasteiger partial charge in [0.1, 0.15) is 23.7 Å². The van der Waals surface area contributed by atoms with Crippen LogP contribution in [0.15, 0.2) is 69.9 Å². The van der Waals surface area contributed by atoms with Crippen molar-refractivity contribution < 1.29 is 27.1 Å². The maximum Gasteiger partial charge on any atom is 0.453 e. The Labute approximate surface area is 200 Å². The maximum absolute atomic E-state index is 13.7. The number of ether oxygens (including phenoxy) is 2. The van der Waals surface area contributed by atoms with Crippen molar-refractivity contribution in [2.75, 3.05) is 0 Å². The van der Waals surface area contributed by atoms with Crippen LogP contribution < -0.4 is 14.9 Å². The molecule has 0 N–H and O–H groups in total. The predicted octanol–water partition coefficient (Wildman–Crippen LogP) is 8.14. The molecule has 3 aromatic carbocycles. The molecule has 4 rings (SSSR count). The zero-order valence-electron chi connectivity index (χ0n) is 16.4. The van der Waals surface area contributed by atoms with E-state index in [9.17, 15) is 18.0 Å². The number of fused-ring (bicyclic) bond motifs is 1. The molecule has 0 aliphatic heterocycles. The molecule has 1 aromatic heterocycles. The first-order valence-corrected chi connectivity index (χ1v) is 10.4. The van der Waals surface area contributed by atoms with Crippen LogP contribution >= 0.6 is 34.8 Å². The molecule has 0 aliphatic carbocycles. The second-order valence-corrected chi connectivity index (χ2v) is 7.99. The summed E-state index contributed by atoms with van der Waals surface area (Å²) in [6.07, 6.45) is -5.01. The monoisotopic (exact) mass is 514 g/mol. The summed E-state index contributed by atoms with van der Waals surface area (Å²) in [4.78, 5) is 12.9. The SMILES string of the molecule is O=c1c(Oc2ccccc2Cl)c(C(F)(F)F)oc2cc(OCc3c(Cl)cccc3Cl)ccc12. The van der Waals surface area contributed by atoms with E-state index in [1.807, 2.05) is 0 Å². The molecule has 0 radical (unpaired) electrons. The van der Waals surface area contributed by atoms with Gasteiger partial charge in [0.15, 0.2) is 0 Å². The van der Waals surface area contributed by atoms with Gasteiger partial charge in [-0.25, -0.2) is 0 Å². The van der Waals surface area contributed by atoms with Gasteiger partial charge >= 0.3 is 6.18 Å². The third kappa shape index (κ3) is 4.90. The Kier molecular flexibility index (Phi) is 6.47. The minimum atomic E-state index is -5.01. The lowest BCUT2D eigenvalue weighted by Gasteiger charge is -2.14. The number of alkyl halides is 3. The van der Waals surface area contributed by atoms with E-state index in [2.05, 4.69) is 0 Å². The molecule has 0 atom stereocenters. The van der Waals surface area contributed by atoms with E-state index in [4.69, 9.17) is 48.7 Å². The smallest absolute Gasteiger partial charge is 0.453 e. The minimum Gasteiger partial charge on any atom is -0.489 e. The highest BCUT2D eigenvalue weighted by Gasteiger charge is 2.40. The van der Waals surface area contributed by atoms with Crippen LogP contribution in [-0.4, -0.2) is 0 Å². The lowest BCUT2D eigenvalue weighted by Crippen LogP contribution is -2.15.